The van der Waals surface area contributed by atoms with Gasteiger partial charge in [0, 0.05) is 6.54 Å². The third-order valence-electron chi connectivity index (χ3n) is 3.13. The minimum Gasteiger partial charge on any atom is -0.322 e. The molecule has 1 amide bonds. The first kappa shape index (κ1) is 13.0. The van der Waals surface area contributed by atoms with Crippen LogP contribution in [0.3, 0.4) is 0 Å². The summed E-state index contributed by atoms with van der Waals surface area (Å²) in [4.78, 5) is 13.6. The molecule has 0 aromatic heterocycles. The predicted molar refractivity (Wildman–Crippen MR) is 69.3 cm³/mol. The number of rotatable bonds is 2. The van der Waals surface area contributed by atoms with Gasteiger partial charge < -0.3 is 10.6 Å². The van der Waals surface area contributed by atoms with Crippen LogP contribution in [0.25, 0.3) is 0 Å². The number of carbonyl (C=O) groups excluding carboxylic acids is 1. The van der Waals surface area contributed by atoms with Gasteiger partial charge in [0.1, 0.15) is 0 Å². The number of nitrogens with two attached hydrogens (primary N) is 1. The SMILES string of the molecule is CCc1cccc2c1N(C(=O)CN)CCS2(=O)=O. The van der Waals surface area contributed by atoms with Crippen molar-refractivity contribution in [2.24, 2.45) is 5.73 Å². The quantitative estimate of drug-likeness (QED) is 0.838. The van der Waals surface area contributed by atoms with Crippen LogP contribution >= 0.6 is 0 Å². The first-order valence-corrected chi connectivity index (χ1v) is 7.51. The molecule has 1 heterocycles. The van der Waals surface area contributed by atoms with Gasteiger partial charge >= 0.3 is 0 Å². The second-order valence-electron chi connectivity index (χ2n) is 4.19. The standard InChI is InChI=1S/C12H16N2O3S/c1-2-9-4-3-5-10-12(9)14(11(15)8-13)6-7-18(10,16)17/h3-5H,2,6-8,13H2,1H3. The Morgan fingerprint density at radius 3 is 2.78 bits per heavy atom. The Kier molecular flexibility index (Phi) is 3.41. The van der Waals surface area contributed by atoms with Crippen molar-refractivity contribution in [3.05, 3.63) is 23.8 Å². The number of hydrogen-bond acceptors (Lipinski definition) is 4. The summed E-state index contributed by atoms with van der Waals surface area (Å²) in [7, 11) is -3.28. The molecule has 18 heavy (non-hydrogen) atoms. The van der Waals surface area contributed by atoms with Crippen molar-refractivity contribution in [2.45, 2.75) is 18.2 Å². The summed E-state index contributed by atoms with van der Waals surface area (Å²) in [6, 6.07) is 5.11. The maximum absolute atomic E-state index is 12.0. The largest absolute Gasteiger partial charge is 0.322 e. The van der Waals surface area contributed by atoms with Crippen molar-refractivity contribution < 1.29 is 13.2 Å². The van der Waals surface area contributed by atoms with E-state index in [1.807, 2.05) is 13.0 Å². The Hall–Kier alpha value is -1.40. The third kappa shape index (κ3) is 2.02. The van der Waals surface area contributed by atoms with Crippen LogP contribution in [0.2, 0.25) is 0 Å². The maximum Gasteiger partial charge on any atom is 0.240 e. The van der Waals surface area contributed by atoms with Crippen LogP contribution in [-0.2, 0) is 21.1 Å². The highest BCUT2D eigenvalue weighted by atomic mass is 32.2. The topological polar surface area (TPSA) is 80.5 Å². The number of amides is 1. The van der Waals surface area contributed by atoms with E-state index in [4.69, 9.17) is 5.73 Å². The smallest absolute Gasteiger partial charge is 0.240 e. The molecule has 0 radical (unpaired) electrons. The molecule has 1 aromatic rings. The highest BCUT2D eigenvalue weighted by Gasteiger charge is 2.32. The van der Waals surface area contributed by atoms with Gasteiger partial charge in [-0.3, -0.25) is 4.79 Å². The second kappa shape index (κ2) is 4.70. The summed E-state index contributed by atoms with van der Waals surface area (Å²) in [5, 5.41) is 0. The average Bonchev–Trinajstić information content (AvgIpc) is 2.37. The average molecular weight is 268 g/mol. The van der Waals surface area contributed by atoms with Gasteiger partial charge in [0.2, 0.25) is 5.91 Å². The Morgan fingerprint density at radius 2 is 2.17 bits per heavy atom. The van der Waals surface area contributed by atoms with Crippen molar-refractivity contribution in [3.8, 4) is 0 Å². The fraction of sp³-hybridized carbons (Fsp3) is 0.417. The van der Waals surface area contributed by atoms with E-state index in [-0.39, 0.29) is 29.6 Å². The van der Waals surface area contributed by atoms with E-state index in [9.17, 15) is 13.2 Å². The van der Waals surface area contributed by atoms with Gasteiger partial charge in [-0.05, 0) is 18.1 Å². The van der Waals surface area contributed by atoms with Crippen LogP contribution in [0, 0.1) is 0 Å². The minimum atomic E-state index is -3.28. The number of fused-ring (bicyclic) bond motifs is 1. The minimum absolute atomic E-state index is 0.0428. The van der Waals surface area contributed by atoms with Gasteiger partial charge in [0.05, 0.1) is 22.9 Å². The summed E-state index contributed by atoms with van der Waals surface area (Å²) >= 11 is 0. The van der Waals surface area contributed by atoms with Crippen LogP contribution in [0.1, 0.15) is 12.5 Å². The van der Waals surface area contributed by atoms with Gasteiger partial charge in [-0.1, -0.05) is 19.1 Å². The molecule has 1 aliphatic rings. The number of sulfone groups is 1. The van der Waals surface area contributed by atoms with E-state index in [2.05, 4.69) is 0 Å². The van der Waals surface area contributed by atoms with Crippen LogP contribution in [0.5, 0.6) is 0 Å². The van der Waals surface area contributed by atoms with Crippen LogP contribution < -0.4 is 10.6 Å². The molecule has 98 valence electrons. The number of anilines is 1. The van der Waals surface area contributed by atoms with E-state index in [0.717, 1.165) is 5.56 Å². The van der Waals surface area contributed by atoms with Gasteiger partial charge in [0.15, 0.2) is 9.84 Å². The lowest BCUT2D eigenvalue weighted by molar-refractivity contribution is -0.117. The van der Waals surface area contributed by atoms with Crippen molar-refractivity contribution in [3.63, 3.8) is 0 Å². The Balaban J connectivity index is 2.67. The normalized spacial score (nSPS) is 17.3. The lowest BCUT2D eigenvalue weighted by Crippen LogP contribution is -2.43. The van der Waals surface area contributed by atoms with Crippen LogP contribution in [-0.4, -0.2) is 33.2 Å². The maximum atomic E-state index is 12.0. The molecule has 6 heteroatoms. The summed E-state index contributed by atoms with van der Waals surface area (Å²) in [6.45, 7) is 2.00. The summed E-state index contributed by atoms with van der Waals surface area (Å²) in [6.07, 6.45) is 0.674. The predicted octanol–water partition coefficient (Wildman–Crippen LogP) is 0.328. The van der Waals surface area contributed by atoms with Gasteiger partial charge in [-0.25, -0.2) is 8.42 Å². The molecule has 0 aliphatic carbocycles. The number of para-hydroxylation sites is 1. The molecule has 0 fully saturated rings. The summed E-state index contributed by atoms with van der Waals surface area (Å²) in [5.41, 5.74) is 6.75. The molecule has 2 N–H and O–H groups in total. The van der Waals surface area contributed by atoms with E-state index < -0.39 is 9.84 Å². The molecule has 0 atom stereocenters. The van der Waals surface area contributed by atoms with Crippen molar-refractivity contribution in [1.82, 2.24) is 0 Å². The molecule has 5 nitrogen and oxygen atoms in total. The molecular formula is C12H16N2O3S. The zero-order valence-corrected chi connectivity index (χ0v) is 11.0. The van der Waals surface area contributed by atoms with Gasteiger partial charge in [0.25, 0.3) is 0 Å². The van der Waals surface area contributed by atoms with E-state index in [1.165, 1.54) is 4.90 Å². The van der Waals surface area contributed by atoms with Crippen molar-refractivity contribution in [2.75, 3.05) is 23.7 Å². The monoisotopic (exact) mass is 268 g/mol. The molecule has 0 saturated heterocycles. The highest BCUT2D eigenvalue weighted by molar-refractivity contribution is 7.91. The Labute approximate surface area is 107 Å². The van der Waals surface area contributed by atoms with Crippen molar-refractivity contribution in [1.29, 1.82) is 0 Å². The number of aryl methyl sites for hydroxylation is 1. The first-order valence-electron chi connectivity index (χ1n) is 5.86. The molecule has 0 bridgehead atoms. The van der Waals surface area contributed by atoms with E-state index >= 15 is 0 Å². The summed E-state index contributed by atoms with van der Waals surface area (Å²) < 4.78 is 24.1. The van der Waals surface area contributed by atoms with Gasteiger partial charge in [-0.2, -0.15) is 0 Å². The zero-order valence-electron chi connectivity index (χ0n) is 10.2. The number of carbonyl (C=O) groups is 1. The lowest BCUT2D eigenvalue weighted by atomic mass is 10.1. The summed E-state index contributed by atoms with van der Waals surface area (Å²) in [5.74, 6) is -0.286. The highest BCUT2D eigenvalue weighted by Crippen LogP contribution is 2.34. The molecule has 0 spiro atoms. The number of benzene rings is 1. The Bertz CT molecular complexity index is 581. The fourth-order valence-electron chi connectivity index (χ4n) is 2.20. The van der Waals surface area contributed by atoms with E-state index in [1.54, 1.807) is 12.1 Å². The number of nitrogens with zero attached hydrogens (tertiary/aromatic N) is 1. The molecule has 0 saturated carbocycles. The van der Waals surface area contributed by atoms with Gasteiger partial charge in [-0.15, -0.1) is 0 Å². The van der Waals surface area contributed by atoms with Crippen LogP contribution in [0.4, 0.5) is 5.69 Å². The molecule has 1 aromatic carbocycles. The Morgan fingerprint density at radius 1 is 1.44 bits per heavy atom. The van der Waals surface area contributed by atoms with E-state index in [0.29, 0.717) is 12.1 Å². The molecule has 1 aliphatic heterocycles. The molecular weight excluding hydrogens is 252 g/mol. The second-order valence-corrected chi connectivity index (χ2v) is 6.26. The lowest BCUT2D eigenvalue weighted by Gasteiger charge is -2.30. The number of hydrogen-bond donors (Lipinski definition) is 1. The van der Waals surface area contributed by atoms with Crippen LogP contribution in [0.15, 0.2) is 23.1 Å². The molecule has 0 unspecified atom stereocenters. The zero-order chi connectivity index (χ0) is 13.3. The van der Waals surface area contributed by atoms with Crippen molar-refractivity contribution >= 4 is 21.4 Å². The fourth-order valence-corrected chi connectivity index (χ4v) is 3.67. The third-order valence-corrected chi connectivity index (χ3v) is 4.85. The first-order chi connectivity index (χ1) is 8.51. The molecule has 2 rings (SSSR count).